The second-order valence-electron chi connectivity index (χ2n) is 7.51. The number of hydrogen-bond acceptors (Lipinski definition) is 5. The summed E-state index contributed by atoms with van der Waals surface area (Å²) in [7, 11) is 0. The molecule has 0 bridgehead atoms. The summed E-state index contributed by atoms with van der Waals surface area (Å²) in [5, 5.41) is 24.8. The lowest BCUT2D eigenvalue weighted by molar-refractivity contribution is -0.135. The van der Waals surface area contributed by atoms with Crippen LogP contribution in [0, 0.1) is 0 Å². The van der Waals surface area contributed by atoms with Crippen LogP contribution < -0.4 is 16.2 Å². The van der Waals surface area contributed by atoms with Crippen LogP contribution in [-0.4, -0.2) is 39.1 Å². The molecule has 0 saturated carbocycles. The highest BCUT2D eigenvalue weighted by Gasteiger charge is 2.26. The van der Waals surface area contributed by atoms with E-state index in [1.54, 1.807) is 61.5 Å². The number of halogens is 1. The average Bonchev–Trinajstić information content (AvgIpc) is 2.80. The number of aromatic hydroxyl groups is 1. The summed E-state index contributed by atoms with van der Waals surface area (Å²) in [5.74, 6) is -4.00. The molecular weight excluding hydrogens is 462 g/mol. The predicted molar refractivity (Wildman–Crippen MR) is 125 cm³/mol. The molecular formula is C24H22ClN3O6. The first kappa shape index (κ1) is 24.5. The Morgan fingerprint density at radius 3 is 2.29 bits per heavy atom. The minimum atomic E-state index is -1.33. The fourth-order valence-corrected chi connectivity index (χ4v) is 3.40. The topological polar surface area (TPSA) is 138 Å². The zero-order valence-electron chi connectivity index (χ0n) is 18.1. The van der Waals surface area contributed by atoms with E-state index >= 15 is 0 Å². The molecule has 34 heavy (non-hydrogen) atoms. The Morgan fingerprint density at radius 1 is 1.03 bits per heavy atom. The minimum absolute atomic E-state index is 0.0200. The van der Waals surface area contributed by atoms with E-state index in [9.17, 15) is 24.3 Å². The maximum atomic E-state index is 13.0. The molecule has 1 unspecified atom stereocenters. The van der Waals surface area contributed by atoms with Crippen molar-refractivity contribution in [3.05, 3.63) is 98.4 Å². The number of aromatic nitrogens is 1. The second-order valence-corrected chi connectivity index (χ2v) is 7.94. The van der Waals surface area contributed by atoms with E-state index in [4.69, 9.17) is 16.7 Å². The Bertz CT molecular complexity index is 1270. The molecule has 3 aromatic rings. The van der Waals surface area contributed by atoms with Gasteiger partial charge in [0.05, 0.1) is 18.2 Å². The standard InChI is InChI=1S/C24H22ClN3O6/c1-14(16-7-9-17(25)10-8-16)27-22(32)18-13-28(12-15-5-3-2-4-6-15)24(34)20(21(18)31)23(33)26-11-19(29)30/h2-10,13-14,31H,11-12H2,1H3,(H,26,33)(H,27,32)(H,29,30). The van der Waals surface area contributed by atoms with Gasteiger partial charge in [-0.25, -0.2) is 0 Å². The number of pyridine rings is 1. The fourth-order valence-electron chi connectivity index (χ4n) is 3.28. The van der Waals surface area contributed by atoms with Gasteiger partial charge in [-0.3, -0.25) is 19.2 Å². The number of amides is 2. The number of carbonyl (C=O) groups excluding carboxylic acids is 2. The summed E-state index contributed by atoms with van der Waals surface area (Å²) < 4.78 is 1.12. The van der Waals surface area contributed by atoms with Crippen LogP contribution in [0.15, 0.2) is 65.6 Å². The van der Waals surface area contributed by atoms with Crippen molar-refractivity contribution in [2.24, 2.45) is 0 Å². The summed E-state index contributed by atoms with van der Waals surface area (Å²) in [5.41, 5.74) is -0.435. The van der Waals surface area contributed by atoms with Crippen LogP contribution in [0.5, 0.6) is 5.75 Å². The van der Waals surface area contributed by atoms with Gasteiger partial charge in [-0.2, -0.15) is 0 Å². The number of hydrogen-bond donors (Lipinski definition) is 4. The third-order valence-corrected chi connectivity index (χ3v) is 5.29. The highest BCUT2D eigenvalue weighted by molar-refractivity contribution is 6.30. The number of carboxylic acids is 1. The Kier molecular flexibility index (Phi) is 7.70. The van der Waals surface area contributed by atoms with Crippen molar-refractivity contribution in [3.63, 3.8) is 0 Å². The van der Waals surface area contributed by atoms with Gasteiger partial charge in [0.1, 0.15) is 17.9 Å². The zero-order valence-corrected chi connectivity index (χ0v) is 18.9. The number of benzene rings is 2. The van der Waals surface area contributed by atoms with Crippen molar-refractivity contribution in [2.45, 2.75) is 19.5 Å². The number of carbonyl (C=O) groups is 3. The van der Waals surface area contributed by atoms with Crippen LogP contribution in [-0.2, 0) is 11.3 Å². The molecule has 10 heteroatoms. The molecule has 4 N–H and O–H groups in total. The van der Waals surface area contributed by atoms with Crippen molar-refractivity contribution in [1.82, 2.24) is 15.2 Å². The van der Waals surface area contributed by atoms with Crippen molar-refractivity contribution in [3.8, 4) is 5.75 Å². The first-order chi connectivity index (χ1) is 16.2. The molecule has 3 rings (SSSR count). The lowest BCUT2D eigenvalue weighted by Crippen LogP contribution is -2.37. The molecule has 176 valence electrons. The highest BCUT2D eigenvalue weighted by atomic mass is 35.5. The van der Waals surface area contributed by atoms with Crippen LogP contribution in [0.4, 0.5) is 0 Å². The van der Waals surface area contributed by atoms with Crippen LogP contribution >= 0.6 is 11.6 Å². The third-order valence-electron chi connectivity index (χ3n) is 5.04. The SMILES string of the molecule is CC(NC(=O)c1cn(Cc2ccccc2)c(=O)c(C(=O)NCC(=O)O)c1O)c1ccc(Cl)cc1. The van der Waals surface area contributed by atoms with E-state index in [0.29, 0.717) is 10.6 Å². The second kappa shape index (κ2) is 10.7. The fraction of sp³-hybridized carbons (Fsp3) is 0.167. The molecule has 1 aromatic heterocycles. The first-order valence-electron chi connectivity index (χ1n) is 10.2. The van der Waals surface area contributed by atoms with Gasteiger partial charge in [-0.05, 0) is 30.2 Å². The molecule has 0 aliphatic heterocycles. The maximum Gasteiger partial charge on any atom is 0.322 e. The summed E-state index contributed by atoms with van der Waals surface area (Å²) in [6.07, 6.45) is 1.17. The minimum Gasteiger partial charge on any atom is -0.506 e. The summed E-state index contributed by atoms with van der Waals surface area (Å²) >= 11 is 5.90. The summed E-state index contributed by atoms with van der Waals surface area (Å²) in [4.78, 5) is 49.4. The quantitative estimate of drug-likeness (QED) is 0.388. The molecule has 1 atom stereocenters. The van der Waals surface area contributed by atoms with Gasteiger partial charge in [0, 0.05) is 11.2 Å². The third kappa shape index (κ3) is 5.81. The number of carboxylic acid groups (broad SMARTS) is 1. The van der Waals surface area contributed by atoms with Crippen LogP contribution in [0.1, 0.15) is 44.8 Å². The monoisotopic (exact) mass is 483 g/mol. The smallest absolute Gasteiger partial charge is 0.322 e. The van der Waals surface area contributed by atoms with E-state index < -0.39 is 47.2 Å². The lowest BCUT2D eigenvalue weighted by Gasteiger charge is -2.17. The Balaban J connectivity index is 2.01. The van der Waals surface area contributed by atoms with E-state index in [1.165, 1.54) is 6.20 Å². The molecule has 0 radical (unpaired) electrons. The van der Waals surface area contributed by atoms with Gasteiger partial charge in [0.25, 0.3) is 17.4 Å². The Hall–Kier alpha value is -4.11. The zero-order chi connectivity index (χ0) is 24.8. The number of nitrogens with zero attached hydrogens (tertiary/aromatic N) is 1. The summed E-state index contributed by atoms with van der Waals surface area (Å²) in [6.45, 7) is 0.977. The van der Waals surface area contributed by atoms with Crippen molar-refractivity contribution in [1.29, 1.82) is 0 Å². The first-order valence-corrected chi connectivity index (χ1v) is 10.6. The number of nitrogens with one attached hydrogen (secondary N) is 2. The van der Waals surface area contributed by atoms with E-state index in [2.05, 4.69) is 10.6 Å². The summed E-state index contributed by atoms with van der Waals surface area (Å²) in [6, 6.07) is 15.2. The van der Waals surface area contributed by atoms with Gasteiger partial charge in [-0.15, -0.1) is 0 Å². The number of aliphatic carboxylic acids is 1. The van der Waals surface area contributed by atoms with Gasteiger partial charge < -0.3 is 25.4 Å². The molecule has 2 aromatic carbocycles. The van der Waals surface area contributed by atoms with E-state index in [1.807, 2.05) is 0 Å². The maximum absolute atomic E-state index is 13.0. The predicted octanol–water partition coefficient (Wildman–Crippen LogP) is 2.56. The van der Waals surface area contributed by atoms with Gasteiger partial charge >= 0.3 is 5.97 Å². The van der Waals surface area contributed by atoms with Crippen molar-refractivity contribution >= 4 is 29.4 Å². The lowest BCUT2D eigenvalue weighted by atomic mass is 10.1. The van der Waals surface area contributed by atoms with Gasteiger partial charge in [-0.1, -0.05) is 54.1 Å². The molecule has 9 nitrogen and oxygen atoms in total. The van der Waals surface area contributed by atoms with Crippen molar-refractivity contribution < 1.29 is 24.6 Å². The Labute approximate surface area is 199 Å². The Morgan fingerprint density at radius 2 is 1.68 bits per heavy atom. The average molecular weight is 484 g/mol. The van der Waals surface area contributed by atoms with Crippen molar-refractivity contribution in [2.75, 3.05) is 6.54 Å². The normalized spacial score (nSPS) is 11.5. The van der Waals surface area contributed by atoms with Gasteiger partial charge in [0.2, 0.25) is 0 Å². The van der Waals surface area contributed by atoms with Crippen LogP contribution in [0.2, 0.25) is 5.02 Å². The highest BCUT2D eigenvalue weighted by Crippen LogP contribution is 2.22. The van der Waals surface area contributed by atoms with Gasteiger partial charge in [0.15, 0.2) is 0 Å². The molecule has 0 aliphatic carbocycles. The number of rotatable bonds is 8. The molecule has 2 amide bonds. The van der Waals surface area contributed by atoms with E-state index in [0.717, 1.165) is 10.1 Å². The largest absolute Gasteiger partial charge is 0.506 e. The molecule has 0 spiro atoms. The molecule has 0 aliphatic rings. The molecule has 0 saturated heterocycles. The molecule has 1 heterocycles. The van der Waals surface area contributed by atoms with Crippen LogP contribution in [0.3, 0.4) is 0 Å². The van der Waals surface area contributed by atoms with E-state index in [-0.39, 0.29) is 12.1 Å². The van der Waals surface area contributed by atoms with Crippen LogP contribution in [0.25, 0.3) is 0 Å². The molecule has 0 fully saturated rings.